The smallest absolute Gasteiger partial charge is 0.142 e. The lowest BCUT2D eigenvalue weighted by atomic mass is 10.1. The summed E-state index contributed by atoms with van der Waals surface area (Å²) in [6, 6.07) is 4.12. The van der Waals surface area contributed by atoms with E-state index < -0.39 is 0 Å². The number of hydrogen-bond donors (Lipinski definition) is 0. The van der Waals surface area contributed by atoms with Crippen molar-refractivity contribution in [3.05, 3.63) is 23.5 Å². The van der Waals surface area contributed by atoms with E-state index in [0.29, 0.717) is 12.5 Å². The fourth-order valence-electron chi connectivity index (χ4n) is 2.13. The summed E-state index contributed by atoms with van der Waals surface area (Å²) in [5.74, 6) is 1.33. The lowest BCUT2D eigenvalue weighted by Crippen LogP contribution is -2.19. The minimum absolute atomic E-state index is 0.174. The van der Waals surface area contributed by atoms with Gasteiger partial charge in [-0.05, 0) is 32.1 Å². The van der Waals surface area contributed by atoms with Crippen LogP contribution in [0.5, 0.6) is 5.75 Å². The molecule has 0 amide bonds. The van der Waals surface area contributed by atoms with E-state index in [2.05, 4.69) is 30.9 Å². The van der Waals surface area contributed by atoms with Crippen molar-refractivity contribution in [1.29, 1.82) is 0 Å². The molecular formula is C15H24N2O2. The third-order valence-corrected chi connectivity index (χ3v) is 3.19. The first-order valence-electron chi connectivity index (χ1n) is 6.95. The predicted octanol–water partition coefficient (Wildman–Crippen LogP) is 2.43. The maximum Gasteiger partial charge on any atom is 0.142 e. The SMILES string of the molecule is CC(C)c1ccc(O[C@@H]2CCOC2)c(CN(C)C)n1. The van der Waals surface area contributed by atoms with E-state index in [4.69, 9.17) is 14.5 Å². The highest BCUT2D eigenvalue weighted by Gasteiger charge is 2.19. The van der Waals surface area contributed by atoms with E-state index in [0.717, 1.165) is 36.7 Å². The van der Waals surface area contributed by atoms with Gasteiger partial charge in [0.05, 0.1) is 18.9 Å². The van der Waals surface area contributed by atoms with Crippen LogP contribution in [-0.4, -0.2) is 43.3 Å². The standard InChI is InChI=1S/C15H24N2O2/c1-11(2)13-5-6-15(14(16-13)9-17(3)4)19-12-7-8-18-10-12/h5-6,11-12H,7-10H2,1-4H3/t12-/m1/s1. The summed E-state index contributed by atoms with van der Waals surface area (Å²) in [4.78, 5) is 6.86. The van der Waals surface area contributed by atoms with Gasteiger partial charge < -0.3 is 14.4 Å². The van der Waals surface area contributed by atoms with Gasteiger partial charge in [-0.2, -0.15) is 0 Å². The van der Waals surface area contributed by atoms with E-state index in [9.17, 15) is 0 Å². The Labute approximate surface area is 115 Å². The zero-order chi connectivity index (χ0) is 13.8. The summed E-state index contributed by atoms with van der Waals surface area (Å²) < 4.78 is 11.4. The van der Waals surface area contributed by atoms with Crippen molar-refractivity contribution < 1.29 is 9.47 Å². The molecule has 19 heavy (non-hydrogen) atoms. The quantitative estimate of drug-likeness (QED) is 0.818. The molecule has 2 heterocycles. The van der Waals surface area contributed by atoms with Crippen LogP contribution in [-0.2, 0) is 11.3 Å². The van der Waals surface area contributed by atoms with Crippen LogP contribution in [0, 0.1) is 0 Å². The van der Waals surface area contributed by atoms with E-state index in [1.165, 1.54) is 0 Å². The van der Waals surface area contributed by atoms with Crippen LogP contribution in [0.1, 0.15) is 37.6 Å². The third-order valence-electron chi connectivity index (χ3n) is 3.19. The van der Waals surface area contributed by atoms with Crippen molar-refractivity contribution in [2.45, 2.75) is 38.8 Å². The molecule has 1 atom stereocenters. The number of aromatic nitrogens is 1. The zero-order valence-corrected chi connectivity index (χ0v) is 12.3. The van der Waals surface area contributed by atoms with Gasteiger partial charge in [0.2, 0.25) is 0 Å². The second-order valence-electron chi connectivity index (χ2n) is 5.68. The zero-order valence-electron chi connectivity index (χ0n) is 12.3. The highest BCUT2D eigenvalue weighted by molar-refractivity contribution is 5.30. The minimum Gasteiger partial charge on any atom is -0.486 e. The normalized spacial score (nSPS) is 19.4. The van der Waals surface area contributed by atoms with Gasteiger partial charge in [-0.25, -0.2) is 0 Å². The molecule has 106 valence electrons. The third kappa shape index (κ3) is 3.91. The molecule has 0 spiro atoms. The Kier molecular flexibility index (Phi) is 4.77. The monoisotopic (exact) mass is 264 g/mol. The molecule has 0 unspecified atom stereocenters. The molecule has 2 rings (SSSR count). The first-order chi connectivity index (χ1) is 9.06. The van der Waals surface area contributed by atoms with Gasteiger partial charge in [0.15, 0.2) is 0 Å². The van der Waals surface area contributed by atoms with E-state index >= 15 is 0 Å². The van der Waals surface area contributed by atoms with Crippen LogP contribution < -0.4 is 4.74 Å². The Hall–Kier alpha value is -1.13. The van der Waals surface area contributed by atoms with Crippen LogP contribution >= 0.6 is 0 Å². The molecule has 1 aromatic rings. The van der Waals surface area contributed by atoms with Crippen molar-refractivity contribution in [3.8, 4) is 5.75 Å². The van der Waals surface area contributed by atoms with Crippen molar-refractivity contribution in [2.75, 3.05) is 27.3 Å². The van der Waals surface area contributed by atoms with Gasteiger partial charge in [0, 0.05) is 18.7 Å². The van der Waals surface area contributed by atoms with Crippen molar-refractivity contribution >= 4 is 0 Å². The molecule has 0 aliphatic carbocycles. The number of hydrogen-bond acceptors (Lipinski definition) is 4. The van der Waals surface area contributed by atoms with Gasteiger partial charge in [0.1, 0.15) is 11.9 Å². The second kappa shape index (κ2) is 6.35. The highest BCUT2D eigenvalue weighted by Crippen LogP contribution is 2.24. The summed E-state index contributed by atoms with van der Waals surface area (Å²) in [5.41, 5.74) is 2.13. The van der Waals surface area contributed by atoms with E-state index in [1.54, 1.807) is 0 Å². The molecule has 0 N–H and O–H groups in total. The summed E-state index contributed by atoms with van der Waals surface area (Å²) in [6.07, 6.45) is 1.14. The van der Waals surface area contributed by atoms with Gasteiger partial charge in [-0.1, -0.05) is 13.8 Å². The molecule has 1 aliphatic heterocycles. The summed E-state index contributed by atoms with van der Waals surface area (Å²) in [5, 5.41) is 0. The molecular weight excluding hydrogens is 240 g/mol. The van der Waals surface area contributed by atoms with Crippen LogP contribution in [0.15, 0.2) is 12.1 Å². The lowest BCUT2D eigenvalue weighted by Gasteiger charge is -2.18. The molecule has 0 radical (unpaired) electrons. The fourth-order valence-corrected chi connectivity index (χ4v) is 2.13. The maximum absolute atomic E-state index is 6.03. The van der Waals surface area contributed by atoms with Crippen LogP contribution in [0.4, 0.5) is 0 Å². The van der Waals surface area contributed by atoms with E-state index in [1.807, 2.05) is 14.1 Å². The maximum atomic E-state index is 6.03. The van der Waals surface area contributed by atoms with Crippen LogP contribution in [0.2, 0.25) is 0 Å². The Morgan fingerprint density at radius 1 is 1.42 bits per heavy atom. The molecule has 1 aliphatic rings. The molecule has 0 saturated carbocycles. The van der Waals surface area contributed by atoms with Crippen LogP contribution in [0.25, 0.3) is 0 Å². The van der Waals surface area contributed by atoms with E-state index in [-0.39, 0.29) is 6.10 Å². The van der Waals surface area contributed by atoms with Gasteiger partial charge in [0.25, 0.3) is 0 Å². The molecule has 4 nitrogen and oxygen atoms in total. The molecule has 4 heteroatoms. The highest BCUT2D eigenvalue weighted by atomic mass is 16.5. The Morgan fingerprint density at radius 2 is 2.21 bits per heavy atom. The van der Waals surface area contributed by atoms with Gasteiger partial charge >= 0.3 is 0 Å². The van der Waals surface area contributed by atoms with Crippen molar-refractivity contribution in [3.63, 3.8) is 0 Å². The average molecular weight is 264 g/mol. The number of rotatable bonds is 5. The second-order valence-corrected chi connectivity index (χ2v) is 5.68. The lowest BCUT2D eigenvalue weighted by molar-refractivity contribution is 0.139. The largest absolute Gasteiger partial charge is 0.486 e. The Morgan fingerprint density at radius 3 is 2.79 bits per heavy atom. The predicted molar refractivity (Wildman–Crippen MR) is 75.6 cm³/mol. The average Bonchev–Trinajstić information content (AvgIpc) is 2.83. The summed E-state index contributed by atoms with van der Waals surface area (Å²) in [7, 11) is 4.10. The minimum atomic E-state index is 0.174. The molecule has 0 bridgehead atoms. The van der Waals surface area contributed by atoms with Gasteiger partial charge in [-0.15, -0.1) is 0 Å². The molecule has 0 aromatic carbocycles. The number of pyridine rings is 1. The first-order valence-corrected chi connectivity index (χ1v) is 6.95. The summed E-state index contributed by atoms with van der Waals surface area (Å²) in [6.45, 7) is 6.60. The first kappa shape index (κ1) is 14.3. The molecule has 1 aromatic heterocycles. The number of ether oxygens (including phenoxy) is 2. The Balaban J connectivity index is 2.19. The molecule has 1 fully saturated rings. The topological polar surface area (TPSA) is 34.6 Å². The van der Waals surface area contributed by atoms with Gasteiger partial charge in [-0.3, -0.25) is 4.98 Å². The van der Waals surface area contributed by atoms with Crippen LogP contribution in [0.3, 0.4) is 0 Å². The summed E-state index contributed by atoms with van der Waals surface area (Å²) >= 11 is 0. The molecule has 1 saturated heterocycles. The van der Waals surface area contributed by atoms with Crippen molar-refractivity contribution in [2.24, 2.45) is 0 Å². The van der Waals surface area contributed by atoms with Crippen molar-refractivity contribution in [1.82, 2.24) is 9.88 Å². The fraction of sp³-hybridized carbons (Fsp3) is 0.667. The number of nitrogens with zero attached hydrogens (tertiary/aromatic N) is 2. The Bertz CT molecular complexity index is 413.